The maximum Gasteiger partial charge on any atom is 0.295 e. The highest BCUT2D eigenvalue weighted by Gasteiger charge is 2.21. The van der Waals surface area contributed by atoms with Crippen molar-refractivity contribution in [2.75, 3.05) is 19.5 Å². The van der Waals surface area contributed by atoms with Crippen LogP contribution in [0.15, 0.2) is 24.5 Å². The summed E-state index contributed by atoms with van der Waals surface area (Å²) in [6.07, 6.45) is -0.205. The molecule has 0 fully saturated rings. The first-order valence-corrected chi connectivity index (χ1v) is 8.72. The molecule has 0 aliphatic rings. The summed E-state index contributed by atoms with van der Waals surface area (Å²) in [4.78, 5) is 20.6. The number of alkyl halides is 2. The maximum absolute atomic E-state index is 13.1. The van der Waals surface area contributed by atoms with E-state index in [1.165, 1.54) is 32.7 Å². The van der Waals surface area contributed by atoms with Crippen molar-refractivity contribution in [3.8, 4) is 22.1 Å². The van der Waals surface area contributed by atoms with Gasteiger partial charge in [0.25, 0.3) is 17.5 Å². The lowest BCUT2D eigenvalue weighted by atomic mass is 9.99. The highest BCUT2D eigenvalue weighted by Crippen LogP contribution is 2.35. The van der Waals surface area contributed by atoms with Crippen molar-refractivity contribution in [2.24, 2.45) is 0 Å². The zero-order valence-corrected chi connectivity index (χ0v) is 15.9. The molecule has 11 heteroatoms. The van der Waals surface area contributed by atoms with Gasteiger partial charge >= 0.3 is 0 Å². The second kappa shape index (κ2) is 8.21. The Morgan fingerprint density at radius 1 is 1.11 bits per heavy atom. The molecular formula is C17H15F2N5O3S. The largest absolute Gasteiger partial charge is 0.494 e. The summed E-state index contributed by atoms with van der Waals surface area (Å²) in [6, 6.07) is 2.81. The fraction of sp³-hybridized carbons (Fsp3) is 0.235. The molecule has 8 nitrogen and oxygen atoms in total. The Balaban J connectivity index is 2.06. The fourth-order valence-electron chi connectivity index (χ4n) is 2.42. The number of anilines is 1. The number of aromatic nitrogens is 4. The van der Waals surface area contributed by atoms with Gasteiger partial charge in [-0.15, -0.1) is 5.10 Å². The summed E-state index contributed by atoms with van der Waals surface area (Å²) in [7, 11) is 2.83. The minimum atomic E-state index is -2.77. The second-order valence-electron chi connectivity index (χ2n) is 5.51. The van der Waals surface area contributed by atoms with Crippen molar-refractivity contribution in [3.63, 3.8) is 0 Å². The molecule has 1 N–H and O–H groups in total. The third-order valence-corrected chi connectivity index (χ3v) is 4.51. The predicted molar refractivity (Wildman–Crippen MR) is 98.1 cm³/mol. The van der Waals surface area contributed by atoms with E-state index in [0.717, 1.165) is 11.3 Å². The van der Waals surface area contributed by atoms with Gasteiger partial charge < -0.3 is 9.47 Å². The van der Waals surface area contributed by atoms with E-state index >= 15 is 0 Å². The van der Waals surface area contributed by atoms with Crippen LogP contribution in [0.3, 0.4) is 0 Å². The Kier molecular flexibility index (Phi) is 5.73. The first kappa shape index (κ1) is 19.5. The van der Waals surface area contributed by atoms with Crippen molar-refractivity contribution in [2.45, 2.75) is 13.3 Å². The first-order valence-electron chi connectivity index (χ1n) is 7.91. The van der Waals surface area contributed by atoms with E-state index in [-0.39, 0.29) is 21.6 Å². The number of halogens is 2. The fourth-order valence-corrected chi connectivity index (χ4v) is 2.98. The molecule has 0 saturated heterocycles. The second-order valence-corrected chi connectivity index (χ2v) is 6.45. The standard InChI is InChI=1S/C17H15F2N5O3S/c1-8-4-9(10-5-12(14(18)19)21-7-13(10)26-2)11(6-20-8)15(25)22-16-23-24-17(27-3)28-16/h4-7,14H,1-3H3,(H,22,23,25). The van der Waals surface area contributed by atoms with E-state index in [4.69, 9.17) is 9.47 Å². The molecule has 0 aromatic carbocycles. The van der Waals surface area contributed by atoms with Crippen LogP contribution in [0.2, 0.25) is 0 Å². The number of hydrogen-bond donors (Lipinski definition) is 1. The number of methoxy groups -OCH3 is 2. The Hall–Kier alpha value is -3.21. The SMILES string of the molecule is COc1nnc(NC(=O)c2cnc(C)cc2-c2cc(C(F)F)ncc2OC)s1. The van der Waals surface area contributed by atoms with Crippen molar-refractivity contribution >= 4 is 22.4 Å². The summed E-state index contributed by atoms with van der Waals surface area (Å²) in [5.74, 6) is -0.277. The van der Waals surface area contributed by atoms with Gasteiger partial charge in [0.2, 0.25) is 5.13 Å². The number of hydrogen-bond acceptors (Lipinski definition) is 8. The number of ether oxygens (including phenoxy) is 2. The number of nitrogens with one attached hydrogen (secondary N) is 1. The summed E-state index contributed by atoms with van der Waals surface area (Å²) < 4.78 is 36.5. The number of amides is 1. The quantitative estimate of drug-likeness (QED) is 0.667. The zero-order valence-electron chi connectivity index (χ0n) is 15.1. The molecule has 0 atom stereocenters. The molecule has 146 valence electrons. The average molecular weight is 407 g/mol. The molecule has 0 unspecified atom stereocenters. The molecule has 3 rings (SSSR count). The van der Waals surface area contributed by atoms with Gasteiger partial charge in [0, 0.05) is 23.0 Å². The van der Waals surface area contributed by atoms with Gasteiger partial charge in [-0.3, -0.25) is 20.1 Å². The van der Waals surface area contributed by atoms with Crippen molar-refractivity contribution in [3.05, 3.63) is 41.5 Å². The van der Waals surface area contributed by atoms with Crippen LogP contribution in [0.5, 0.6) is 10.9 Å². The first-order chi connectivity index (χ1) is 13.4. The molecule has 0 spiro atoms. The van der Waals surface area contributed by atoms with Crippen LogP contribution >= 0.6 is 11.3 Å². The van der Waals surface area contributed by atoms with Crippen LogP contribution in [0, 0.1) is 6.92 Å². The maximum atomic E-state index is 13.1. The Labute approximate surface area is 162 Å². The molecule has 0 bridgehead atoms. The van der Waals surface area contributed by atoms with Crippen LogP contribution in [0.25, 0.3) is 11.1 Å². The van der Waals surface area contributed by atoms with Gasteiger partial charge in [-0.1, -0.05) is 5.10 Å². The molecule has 28 heavy (non-hydrogen) atoms. The monoisotopic (exact) mass is 407 g/mol. The van der Waals surface area contributed by atoms with Crippen molar-refractivity contribution < 1.29 is 23.0 Å². The highest BCUT2D eigenvalue weighted by atomic mass is 32.1. The molecule has 0 aliphatic carbocycles. The van der Waals surface area contributed by atoms with E-state index < -0.39 is 18.0 Å². The third-order valence-electron chi connectivity index (χ3n) is 3.71. The van der Waals surface area contributed by atoms with Crippen molar-refractivity contribution in [1.82, 2.24) is 20.2 Å². The molecule has 0 aliphatic heterocycles. The van der Waals surface area contributed by atoms with Gasteiger partial charge in [-0.2, -0.15) is 0 Å². The predicted octanol–water partition coefficient (Wildman–Crippen LogP) is 3.51. The average Bonchev–Trinajstić information content (AvgIpc) is 3.14. The van der Waals surface area contributed by atoms with Crippen molar-refractivity contribution in [1.29, 1.82) is 0 Å². The lowest BCUT2D eigenvalue weighted by Crippen LogP contribution is -2.14. The minimum Gasteiger partial charge on any atom is -0.494 e. The van der Waals surface area contributed by atoms with Crippen LogP contribution in [0.4, 0.5) is 13.9 Å². The minimum absolute atomic E-state index is 0.157. The van der Waals surface area contributed by atoms with E-state index in [1.54, 1.807) is 13.0 Å². The number of carbonyl (C=O) groups is 1. The Morgan fingerprint density at radius 3 is 2.54 bits per heavy atom. The number of rotatable bonds is 6. The van der Waals surface area contributed by atoms with Gasteiger partial charge in [-0.05, 0) is 30.4 Å². The smallest absolute Gasteiger partial charge is 0.295 e. The number of pyridine rings is 2. The summed E-state index contributed by atoms with van der Waals surface area (Å²) in [5, 5.41) is 10.7. The lowest BCUT2D eigenvalue weighted by molar-refractivity contribution is 0.102. The molecule has 3 aromatic rings. The highest BCUT2D eigenvalue weighted by molar-refractivity contribution is 7.17. The number of aryl methyl sites for hydroxylation is 1. The Morgan fingerprint density at radius 2 is 1.89 bits per heavy atom. The molecule has 3 heterocycles. The normalized spacial score (nSPS) is 10.8. The summed E-state index contributed by atoms with van der Waals surface area (Å²) >= 11 is 1.04. The van der Waals surface area contributed by atoms with Gasteiger partial charge in [0.1, 0.15) is 11.4 Å². The van der Waals surface area contributed by atoms with Crippen LogP contribution < -0.4 is 14.8 Å². The summed E-state index contributed by atoms with van der Waals surface area (Å²) in [5.41, 5.74) is 1.01. The van der Waals surface area contributed by atoms with E-state index in [2.05, 4.69) is 25.5 Å². The molecular weight excluding hydrogens is 392 g/mol. The van der Waals surface area contributed by atoms with Gasteiger partial charge in [-0.25, -0.2) is 8.78 Å². The number of nitrogens with zero attached hydrogens (tertiary/aromatic N) is 4. The van der Waals surface area contributed by atoms with E-state index in [1.807, 2.05) is 0 Å². The zero-order chi connectivity index (χ0) is 20.3. The Bertz CT molecular complexity index is 1010. The number of carbonyl (C=O) groups excluding carboxylic acids is 1. The molecule has 3 aromatic heterocycles. The lowest BCUT2D eigenvalue weighted by Gasteiger charge is -2.14. The molecule has 0 radical (unpaired) electrons. The third kappa shape index (κ3) is 4.03. The van der Waals surface area contributed by atoms with E-state index in [0.29, 0.717) is 16.8 Å². The molecule has 1 amide bonds. The van der Waals surface area contributed by atoms with Crippen LogP contribution in [0.1, 0.15) is 28.2 Å². The van der Waals surface area contributed by atoms with Gasteiger partial charge in [0.05, 0.1) is 26.0 Å². The van der Waals surface area contributed by atoms with E-state index in [9.17, 15) is 13.6 Å². The van der Waals surface area contributed by atoms with Crippen LogP contribution in [-0.2, 0) is 0 Å². The summed E-state index contributed by atoms with van der Waals surface area (Å²) in [6.45, 7) is 1.72. The molecule has 0 saturated carbocycles. The van der Waals surface area contributed by atoms with Crippen LogP contribution in [-0.4, -0.2) is 40.3 Å². The topological polar surface area (TPSA) is 99.1 Å². The van der Waals surface area contributed by atoms with Gasteiger partial charge in [0.15, 0.2) is 0 Å².